The summed E-state index contributed by atoms with van der Waals surface area (Å²) in [6.07, 6.45) is 80.6. The number of ether oxygens (including phenoxy) is 3. The molecular formula is C64H102O6. The highest BCUT2D eigenvalue weighted by atomic mass is 16.6. The van der Waals surface area contributed by atoms with Crippen molar-refractivity contribution in [3.8, 4) is 0 Å². The molecule has 6 nitrogen and oxygen atoms in total. The molecule has 6 heteroatoms. The molecule has 0 aromatic heterocycles. The second-order valence-electron chi connectivity index (χ2n) is 18.1. The summed E-state index contributed by atoms with van der Waals surface area (Å²) in [5.74, 6) is -0.947. The molecule has 0 aliphatic rings. The number of unbranched alkanes of at least 4 members (excludes halogenated alkanes) is 16. The highest BCUT2D eigenvalue weighted by molar-refractivity contribution is 5.71. The minimum Gasteiger partial charge on any atom is -0.462 e. The van der Waals surface area contributed by atoms with Crippen LogP contribution >= 0.6 is 0 Å². The van der Waals surface area contributed by atoms with E-state index in [4.69, 9.17) is 14.2 Å². The van der Waals surface area contributed by atoms with Crippen molar-refractivity contribution in [3.63, 3.8) is 0 Å². The fourth-order valence-corrected chi connectivity index (χ4v) is 7.16. The van der Waals surface area contributed by atoms with E-state index in [1.807, 2.05) is 0 Å². The molecule has 0 aromatic carbocycles. The zero-order valence-electron chi connectivity index (χ0n) is 45.0. The average molecular weight is 968 g/mol. The number of hydrogen-bond donors (Lipinski definition) is 0. The second-order valence-corrected chi connectivity index (χ2v) is 18.1. The zero-order chi connectivity index (χ0) is 50.7. The van der Waals surface area contributed by atoms with Gasteiger partial charge in [-0.3, -0.25) is 14.4 Å². The van der Waals surface area contributed by atoms with E-state index in [0.29, 0.717) is 19.3 Å². The van der Waals surface area contributed by atoms with Crippen LogP contribution in [0.3, 0.4) is 0 Å². The smallest absolute Gasteiger partial charge is 0.306 e. The molecular weight excluding hydrogens is 865 g/mol. The molecule has 1 unspecified atom stereocenters. The van der Waals surface area contributed by atoms with Gasteiger partial charge in [0.05, 0.1) is 0 Å². The predicted molar refractivity (Wildman–Crippen MR) is 302 cm³/mol. The SMILES string of the molecule is CC/C=C\C/C=C\C/C=C\C/C=C\C/C=C\C/C=C\C/C=C\C/C=C\C/C=C\C/C=C\CCCCCCC(=O)OCC(COC(=O)CCCCCCCC)OC(=O)CCCCCCC/C=C\CCCC. The van der Waals surface area contributed by atoms with Crippen molar-refractivity contribution in [1.82, 2.24) is 0 Å². The lowest BCUT2D eigenvalue weighted by molar-refractivity contribution is -0.167. The number of carbonyl (C=O) groups is 3. The Morgan fingerprint density at radius 2 is 0.571 bits per heavy atom. The zero-order valence-corrected chi connectivity index (χ0v) is 45.0. The van der Waals surface area contributed by atoms with Crippen molar-refractivity contribution in [2.45, 2.75) is 239 Å². The Hall–Kier alpha value is -4.45. The summed E-state index contributed by atoms with van der Waals surface area (Å²) in [5, 5.41) is 0. The van der Waals surface area contributed by atoms with Crippen LogP contribution in [0.2, 0.25) is 0 Å². The lowest BCUT2D eigenvalue weighted by atomic mass is 10.1. The molecule has 0 aliphatic heterocycles. The van der Waals surface area contributed by atoms with E-state index < -0.39 is 6.10 Å². The summed E-state index contributed by atoms with van der Waals surface area (Å²) in [4.78, 5) is 37.7. The van der Waals surface area contributed by atoms with Gasteiger partial charge in [-0.05, 0) is 116 Å². The van der Waals surface area contributed by atoms with E-state index in [2.05, 4.69) is 154 Å². The maximum atomic E-state index is 12.7. The summed E-state index contributed by atoms with van der Waals surface area (Å²) >= 11 is 0. The Bertz CT molecular complexity index is 1530. The number of carbonyl (C=O) groups excluding carboxylic acids is 3. The summed E-state index contributed by atoms with van der Waals surface area (Å²) in [6.45, 7) is 6.37. The Kier molecular flexibility index (Phi) is 53.5. The molecule has 0 radical (unpaired) electrons. The molecule has 0 rings (SSSR count). The average Bonchev–Trinajstić information content (AvgIpc) is 3.36. The van der Waals surface area contributed by atoms with Gasteiger partial charge in [-0.1, -0.05) is 231 Å². The molecule has 394 valence electrons. The normalized spacial score (nSPS) is 13.1. The predicted octanol–water partition coefficient (Wildman–Crippen LogP) is 19.0. The molecule has 1 atom stereocenters. The van der Waals surface area contributed by atoms with Crippen molar-refractivity contribution >= 4 is 17.9 Å². The van der Waals surface area contributed by atoms with Crippen LogP contribution in [0.25, 0.3) is 0 Å². The van der Waals surface area contributed by atoms with Crippen LogP contribution in [0.15, 0.2) is 134 Å². The third kappa shape index (κ3) is 54.5. The van der Waals surface area contributed by atoms with Crippen LogP contribution in [0, 0.1) is 0 Å². The quantitative estimate of drug-likeness (QED) is 0.0262. The Balaban J connectivity index is 4.14. The Morgan fingerprint density at radius 3 is 0.929 bits per heavy atom. The lowest BCUT2D eigenvalue weighted by Crippen LogP contribution is -2.30. The molecule has 0 saturated heterocycles. The minimum atomic E-state index is -0.791. The van der Waals surface area contributed by atoms with E-state index >= 15 is 0 Å². The minimum absolute atomic E-state index is 0.0923. The molecule has 0 saturated carbocycles. The van der Waals surface area contributed by atoms with Crippen molar-refractivity contribution in [3.05, 3.63) is 134 Å². The topological polar surface area (TPSA) is 78.9 Å². The summed E-state index contributed by atoms with van der Waals surface area (Å²) < 4.78 is 16.6. The molecule has 0 aromatic rings. The lowest BCUT2D eigenvalue weighted by Gasteiger charge is -2.18. The largest absolute Gasteiger partial charge is 0.462 e. The Morgan fingerprint density at radius 1 is 0.300 bits per heavy atom. The fourth-order valence-electron chi connectivity index (χ4n) is 7.16. The van der Waals surface area contributed by atoms with E-state index in [9.17, 15) is 14.4 Å². The van der Waals surface area contributed by atoms with Crippen LogP contribution in [-0.2, 0) is 28.6 Å². The van der Waals surface area contributed by atoms with Gasteiger partial charge in [-0.15, -0.1) is 0 Å². The van der Waals surface area contributed by atoms with Crippen LogP contribution in [0.5, 0.6) is 0 Å². The van der Waals surface area contributed by atoms with Crippen LogP contribution in [0.4, 0.5) is 0 Å². The van der Waals surface area contributed by atoms with Crippen molar-refractivity contribution in [2.75, 3.05) is 13.2 Å². The fraction of sp³-hybridized carbons (Fsp3) is 0.609. The molecule has 0 spiro atoms. The van der Waals surface area contributed by atoms with Crippen LogP contribution < -0.4 is 0 Å². The molecule has 0 N–H and O–H groups in total. The maximum absolute atomic E-state index is 12.7. The van der Waals surface area contributed by atoms with Gasteiger partial charge in [0.2, 0.25) is 0 Å². The van der Waals surface area contributed by atoms with Gasteiger partial charge >= 0.3 is 17.9 Å². The molecule has 0 bridgehead atoms. The number of allylic oxidation sites excluding steroid dienone is 22. The maximum Gasteiger partial charge on any atom is 0.306 e. The van der Waals surface area contributed by atoms with Crippen molar-refractivity contribution in [1.29, 1.82) is 0 Å². The number of esters is 3. The summed E-state index contributed by atoms with van der Waals surface area (Å²) in [6, 6.07) is 0. The number of rotatable bonds is 49. The van der Waals surface area contributed by atoms with Gasteiger partial charge in [0.25, 0.3) is 0 Å². The Labute approximate surface area is 430 Å². The molecule has 0 fully saturated rings. The van der Waals surface area contributed by atoms with Crippen LogP contribution in [-0.4, -0.2) is 37.2 Å². The van der Waals surface area contributed by atoms with E-state index in [1.54, 1.807) is 0 Å². The first-order valence-corrected chi connectivity index (χ1v) is 28.2. The number of hydrogen-bond acceptors (Lipinski definition) is 6. The second kappa shape index (κ2) is 57.1. The monoisotopic (exact) mass is 967 g/mol. The highest BCUT2D eigenvalue weighted by Gasteiger charge is 2.19. The third-order valence-corrected chi connectivity index (χ3v) is 11.4. The third-order valence-electron chi connectivity index (χ3n) is 11.4. The van der Waals surface area contributed by atoms with Gasteiger partial charge in [-0.25, -0.2) is 0 Å². The molecule has 0 aliphatic carbocycles. The first-order chi connectivity index (χ1) is 34.5. The summed E-state index contributed by atoms with van der Waals surface area (Å²) in [7, 11) is 0. The van der Waals surface area contributed by atoms with Gasteiger partial charge in [0.15, 0.2) is 6.10 Å². The van der Waals surface area contributed by atoms with Crippen molar-refractivity contribution in [2.24, 2.45) is 0 Å². The van der Waals surface area contributed by atoms with E-state index in [0.717, 1.165) is 148 Å². The first-order valence-electron chi connectivity index (χ1n) is 28.2. The van der Waals surface area contributed by atoms with Gasteiger partial charge in [0.1, 0.15) is 13.2 Å². The van der Waals surface area contributed by atoms with E-state index in [-0.39, 0.29) is 31.1 Å². The first kappa shape index (κ1) is 65.5. The van der Waals surface area contributed by atoms with E-state index in [1.165, 1.54) is 44.9 Å². The highest BCUT2D eigenvalue weighted by Crippen LogP contribution is 2.13. The van der Waals surface area contributed by atoms with Gasteiger partial charge in [0, 0.05) is 19.3 Å². The standard InChI is InChI=1S/C64H102O6/c1-4-7-10-13-16-18-20-21-22-23-24-25-26-27-28-29-30-31-32-33-34-35-36-37-38-39-40-41-42-43-45-46-48-51-54-57-63(66)69-60-61(59-68-62(65)56-53-50-15-12-9-6-3)70-64(67)58-55-52-49-47-44-19-17-14-11-8-5-2/h7,10,14,16-18,21-22,24-25,27-28,30-31,33-34,36-37,39-40,42-43,61H,4-6,8-9,11-13,15,19-20,23,26,29,32,35,38,41,44-60H2,1-3H3/b10-7-,17-14-,18-16-,22-21-,25-24-,28-27-,31-30-,34-33-,37-36-,40-39-,43-42-. The molecule has 70 heavy (non-hydrogen) atoms. The van der Waals surface area contributed by atoms with Gasteiger partial charge < -0.3 is 14.2 Å². The molecule has 0 amide bonds. The van der Waals surface area contributed by atoms with Crippen LogP contribution in [0.1, 0.15) is 233 Å². The van der Waals surface area contributed by atoms with Gasteiger partial charge in [-0.2, -0.15) is 0 Å². The summed E-state index contributed by atoms with van der Waals surface area (Å²) in [5.41, 5.74) is 0. The molecule has 0 heterocycles. The van der Waals surface area contributed by atoms with Crippen molar-refractivity contribution < 1.29 is 28.6 Å².